The molecule has 5 nitrogen and oxygen atoms in total. The van der Waals surface area contributed by atoms with Crippen molar-refractivity contribution in [3.63, 3.8) is 0 Å². The summed E-state index contributed by atoms with van der Waals surface area (Å²) in [6, 6.07) is 0. The second kappa shape index (κ2) is 3.10. The van der Waals surface area contributed by atoms with Crippen LogP contribution in [0.15, 0.2) is 18.7 Å². The van der Waals surface area contributed by atoms with Gasteiger partial charge in [-0.3, -0.25) is 4.98 Å². The van der Waals surface area contributed by atoms with Crippen LogP contribution in [-0.4, -0.2) is 24.7 Å². The van der Waals surface area contributed by atoms with Crippen molar-refractivity contribution < 1.29 is 0 Å². The molecule has 0 fully saturated rings. The second-order valence-corrected chi connectivity index (χ2v) is 2.82. The number of aryl methyl sites for hydroxylation is 1. The lowest BCUT2D eigenvalue weighted by Gasteiger charge is -1.97. The summed E-state index contributed by atoms with van der Waals surface area (Å²) < 4.78 is 1.52. The van der Waals surface area contributed by atoms with Gasteiger partial charge >= 0.3 is 0 Å². The Labute approximate surface area is 79.4 Å². The normalized spacial score (nSPS) is 10.3. The summed E-state index contributed by atoms with van der Waals surface area (Å²) in [5.41, 5.74) is 0. The number of hydrogen-bond donors (Lipinski definition) is 0. The maximum atomic E-state index is 5.67. The highest BCUT2D eigenvalue weighted by Crippen LogP contribution is 2.05. The predicted molar refractivity (Wildman–Crippen MR) is 46.7 cm³/mol. The van der Waals surface area contributed by atoms with E-state index in [1.54, 1.807) is 19.4 Å². The highest BCUT2D eigenvalue weighted by Gasteiger charge is 2.01. The lowest BCUT2D eigenvalue weighted by Crippen LogP contribution is -1.99. The van der Waals surface area contributed by atoms with E-state index in [1.807, 2.05) is 0 Å². The molecule has 0 unspecified atom stereocenters. The maximum absolute atomic E-state index is 5.67. The quantitative estimate of drug-likeness (QED) is 0.682. The van der Waals surface area contributed by atoms with Crippen molar-refractivity contribution in [3.8, 4) is 5.82 Å². The third-order valence-electron chi connectivity index (χ3n) is 1.43. The Morgan fingerprint density at radius 1 is 1.38 bits per heavy atom. The van der Waals surface area contributed by atoms with Gasteiger partial charge in [-0.1, -0.05) is 11.6 Å². The van der Waals surface area contributed by atoms with Gasteiger partial charge in [-0.05, 0) is 6.92 Å². The van der Waals surface area contributed by atoms with Gasteiger partial charge in [-0.15, -0.1) is 0 Å². The van der Waals surface area contributed by atoms with Gasteiger partial charge in [0, 0.05) is 0 Å². The lowest BCUT2D eigenvalue weighted by molar-refractivity contribution is 0.824. The van der Waals surface area contributed by atoms with Gasteiger partial charge < -0.3 is 0 Å². The summed E-state index contributed by atoms with van der Waals surface area (Å²) in [5, 5.41) is 4.41. The predicted octanol–water partition coefficient (Wildman–Crippen LogP) is 1.02. The van der Waals surface area contributed by atoms with E-state index in [9.17, 15) is 0 Å². The van der Waals surface area contributed by atoms with Crippen molar-refractivity contribution in [1.82, 2.24) is 24.7 Å². The van der Waals surface area contributed by atoms with E-state index in [0.717, 1.165) is 0 Å². The summed E-state index contributed by atoms with van der Waals surface area (Å²) >= 11 is 5.67. The largest absolute Gasteiger partial charge is 0.258 e. The number of hydrogen-bond acceptors (Lipinski definition) is 4. The van der Waals surface area contributed by atoms with Gasteiger partial charge in [0.15, 0.2) is 5.82 Å². The van der Waals surface area contributed by atoms with Crippen molar-refractivity contribution in [2.75, 3.05) is 0 Å². The van der Waals surface area contributed by atoms with Crippen LogP contribution in [-0.2, 0) is 0 Å². The van der Waals surface area contributed by atoms with Crippen LogP contribution in [0.2, 0.25) is 5.15 Å². The van der Waals surface area contributed by atoms with Gasteiger partial charge in [-0.2, -0.15) is 5.10 Å². The maximum Gasteiger partial charge on any atom is 0.175 e. The molecule has 0 amide bonds. The van der Waals surface area contributed by atoms with Gasteiger partial charge in [0.2, 0.25) is 0 Å². The van der Waals surface area contributed by atoms with Crippen molar-refractivity contribution >= 4 is 11.6 Å². The van der Waals surface area contributed by atoms with Gasteiger partial charge in [0.25, 0.3) is 0 Å². The fraction of sp³-hybridized carbons (Fsp3) is 0.143. The Bertz CT molecular complexity index is 424. The molecule has 0 aliphatic heterocycles. The van der Waals surface area contributed by atoms with Crippen LogP contribution in [0.4, 0.5) is 0 Å². The zero-order valence-electron chi connectivity index (χ0n) is 6.85. The van der Waals surface area contributed by atoms with Crippen molar-refractivity contribution in [3.05, 3.63) is 29.7 Å². The Hall–Kier alpha value is -1.49. The van der Waals surface area contributed by atoms with Gasteiger partial charge in [0.1, 0.15) is 17.3 Å². The highest BCUT2D eigenvalue weighted by molar-refractivity contribution is 6.29. The third-order valence-corrected chi connectivity index (χ3v) is 1.62. The minimum Gasteiger partial charge on any atom is -0.258 e. The van der Waals surface area contributed by atoms with Crippen LogP contribution >= 0.6 is 11.6 Å². The van der Waals surface area contributed by atoms with E-state index in [0.29, 0.717) is 16.8 Å². The molecule has 0 atom stereocenters. The first kappa shape index (κ1) is 8.12. The van der Waals surface area contributed by atoms with E-state index in [-0.39, 0.29) is 0 Å². The first-order valence-corrected chi connectivity index (χ1v) is 4.00. The molecule has 2 rings (SSSR count). The van der Waals surface area contributed by atoms with E-state index < -0.39 is 0 Å². The molecule has 13 heavy (non-hydrogen) atoms. The van der Waals surface area contributed by atoms with Crippen molar-refractivity contribution in [2.45, 2.75) is 6.92 Å². The Morgan fingerprint density at radius 2 is 2.23 bits per heavy atom. The minimum absolute atomic E-state index is 0.339. The number of aromatic nitrogens is 5. The van der Waals surface area contributed by atoms with E-state index in [2.05, 4.69) is 20.1 Å². The molecule has 0 aliphatic carbocycles. The smallest absolute Gasteiger partial charge is 0.175 e. The molecular formula is C7H6ClN5. The monoisotopic (exact) mass is 195 g/mol. The summed E-state index contributed by atoms with van der Waals surface area (Å²) in [5.74, 6) is 1.25. The Balaban J connectivity index is 2.46. The molecule has 0 N–H and O–H groups in total. The molecular weight excluding hydrogens is 190 g/mol. The molecule has 66 valence electrons. The molecule has 6 heteroatoms. The molecule has 2 aromatic rings. The fourth-order valence-electron chi connectivity index (χ4n) is 0.899. The number of rotatable bonds is 1. The fourth-order valence-corrected chi connectivity index (χ4v) is 1.04. The summed E-state index contributed by atoms with van der Waals surface area (Å²) in [7, 11) is 0. The van der Waals surface area contributed by atoms with Crippen LogP contribution in [0, 0.1) is 6.92 Å². The third kappa shape index (κ3) is 1.65. The Morgan fingerprint density at radius 3 is 2.85 bits per heavy atom. The van der Waals surface area contributed by atoms with Crippen molar-refractivity contribution in [2.24, 2.45) is 0 Å². The Kier molecular flexibility index (Phi) is 1.94. The molecule has 0 radical (unpaired) electrons. The van der Waals surface area contributed by atoms with E-state index >= 15 is 0 Å². The van der Waals surface area contributed by atoms with Crippen LogP contribution < -0.4 is 0 Å². The topological polar surface area (TPSA) is 56.5 Å². The summed E-state index contributed by atoms with van der Waals surface area (Å²) in [4.78, 5) is 11.9. The first-order valence-electron chi connectivity index (χ1n) is 3.62. The standard InChI is InChI=1S/C7H6ClN5/c1-5-10-4-13(12-5)7-3-9-2-6(8)11-7/h2-4H,1H3. The first-order chi connectivity index (χ1) is 6.25. The molecule has 0 spiro atoms. The zero-order chi connectivity index (χ0) is 9.26. The van der Waals surface area contributed by atoms with E-state index in [4.69, 9.17) is 11.6 Å². The van der Waals surface area contributed by atoms with E-state index in [1.165, 1.54) is 10.9 Å². The highest BCUT2D eigenvalue weighted by atomic mass is 35.5. The van der Waals surface area contributed by atoms with Crippen LogP contribution in [0.5, 0.6) is 0 Å². The molecule has 2 heterocycles. The van der Waals surface area contributed by atoms with Gasteiger partial charge in [-0.25, -0.2) is 14.6 Å². The second-order valence-electron chi connectivity index (χ2n) is 2.44. The molecule has 2 aromatic heterocycles. The van der Waals surface area contributed by atoms with Gasteiger partial charge in [0.05, 0.1) is 12.4 Å². The van der Waals surface area contributed by atoms with Crippen LogP contribution in [0.3, 0.4) is 0 Å². The summed E-state index contributed by atoms with van der Waals surface area (Å²) in [6.07, 6.45) is 4.60. The van der Waals surface area contributed by atoms with Crippen molar-refractivity contribution in [1.29, 1.82) is 0 Å². The average molecular weight is 196 g/mol. The average Bonchev–Trinajstić information content (AvgIpc) is 2.52. The number of nitrogens with zero attached hydrogens (tertiary/aromatic N) is 5. The summed E-state index contributed by atoms with van der Waals surface area (Å²) in [6.45, 7) is 1.80. The lowest BCUT2D eigenvalue weighted by atomic mass is 10.7. The molecule has 0 saturated heterocycles. The van der Waals surface area contributed by atoms with Crippen LogP contribution in [0.25, 0.3) is 5.82 Å². The zero-order valence-corrected chi connectivity index (χ0v) is 7.60. The molecule has 0 aromatic carbocycles. The molecule has 0 bridgehead atoms. The minimum atomic E-state index is 0.339. The number of halogens is 1. The van der Waals surface area contributed by atoms with Crippen LogP contribution in [0.1, 0.15) is 5.82 Å². The SMILES string of the molecule is Cc1ncn(-c2cncc(Cl)n2)n1. The molecule has 0 saturated carbocycles. The molecule has 0 aliphatic rings.